The molecule has 0 heterocycles. The Labute approximate surface area is 99.7 Å². The van der Waals surface area contributed by atoms with E-state index in [0.717, 1.165) is 18.4 Å². The Hall–Kier alpha value is -0.970. The van der Waals surface area contributed by atoms with Gasteiger partial charge in [0.2, 0.25) is 0 Å². The van der Waals surface area contributed by atoms with Crippen LogP contribution in [-0.4, -0.2) is 31.4 Å². The molecule has 1 aliphatic rings. The van der Waals surface area contributed by atoms with Crippen LogP contribution in [0.25, 0.3) is 0 Å². The molecule has 0 aliphatic heterocycles. The number of hydrogen-bond acceptors (Lipinski definition) is 2. The highest BCUT2D eigenvalue weighted by molar-refractivity contribution is 5.27. The number of ether oxygens (including phenoxy) is 1. The Morgan fingerprint density at radius 3 is 2.53 bits per heavy atom. The van der Waals surface area contributed by atoms with Crippen LogP contribution in [-0.2, 0) is 4.74 Å². The smallest absolute Gasteiger partial charge is 0.406 e. The maximum absolute atomic E-state index is 12.1. The lowest BCUT2D eigenvalue weighted by Crippen LogP contribution is -2.30. The number of allylic oxidation sites excluding steroid dienone is 2. The summed E-state index contributed by atoms with van der Waals surface area (Å²) in [6, 6.07) is 0.176. The second kappa shape index (κ2) is 5.58. The van der Waals surface area contributed by atoms with Crippen LogP contribution in [0.15, 0.2) is 23.5 Å². The third-order valence-corrected chi connectivity index (χ3v) is 2.78. The third kappa shape index (κ3) is 4.42. The minimum Gasteiger partial charge on any atom is -0.406 e. The van der Waals surface area contributed by atoms with Gasteiger partial charge in [0.15, 0.2) is 0 Å². The molecule has 0 amide bonds. The molecular formula is C12H18F3NO. The number of rotatable bonds is 4. The molecule has 0 aromatic carbocycles. The molecule has 1 atom stereocenters. The number of nitrogens with zero attached hydrogens (tertiary/aromatic N) is 1. The summed E-state index contributed by atoms with van der Waals surface area (Å²) in [6.07, 6.45) is 0.663. The first kappa shape index (κ1) is 14.1. The standard InChI is InChI=1S/C12H18F3NO/c1-4-11(16(2)3)9-6-5-7-10(8-9)17-12(13,14)15/h7-8,11H,4-6H2,1-3H3. The number of likely N-dealkylation sites (N-methyl/N-ethyl adjacent to an activating group) is 1. The van der Waals surface area contributed by atoms with Crippen LogP contribution < -0.4 is 0 Å². The first-order valence-corrected chi connectivity index (χ1v) is 5.66. The number of hydrogen-bond donors (Lipinski definition) is 0. The van der Waals surface area contributed by atoms with Gasteiger partial charge in [0.1, 0.15) is 5.76 Å². The topological polar surface area (TPSA) is 12.5 Å². The molecule has 0 radical (unpaired) electrons. The first-order valence-electron chi connectivity index (χ1n) is 5.66. The Kier molecular flexibility index (Phi) is 4.62. The van der Waals surface area contributed by atoms with E-state index in [2.05, 4.69) is 4.74 Å². The SMILES string of the molecule is CCC(C1=CC(OC(F)(F)F)=CCC1)N(C)C. The predicted octanol–water partition coefficient (Wildman–Crippen LogP) is 3.47. The van der Waals surface area contributed by atoms with Crippen molar-refractivity contribution in [2.45, 2.75) is 38.6 Å². The van der Waals surface area contributed by atoms with Gasteiger partial charge in [0.05, 0.1) is 0 Å². The van der Waals surface area contributed by atoms with Gasteiger partial charge >= 0.3 is 6.36 Å². The van der Waals surface area contributed by atoms with Crippen LogP contribution >= 0.6 is 0 Å². The maximum atomic E-state index is 12.1. The fourth-order valence-corrected chi connectivity index (χ4v) is 2.12. The molecule has 0 bridgehead atoms. The van der Waals surface area contributed by atoms with Gasteiger partial charge in [0, 0.05) is 6.04 Å². The van der Waals surface area contributed by atoms with Gasteiger partial charge in [-0.2, -0.15) is 0 Å². The van der Waals surface area contributed by atoms with Gasteiger partial charge in [-0.3, -0.25) is 0 Å². The van der Waals surface area contributed by atoms with Gasteiger partial charge in [-0.1, -0.05) is 6.92 Å². The largest absolute Gasteiger partial charge is 0.573 e. The zero-order valence-corrected chi connectivity index (χ0v) is 10.3. The van der Waals surface area contributed by atoms with E-state index in [4.69, 9.17) is 0 Å². The lowest BCUT2D eigenvalue weighted by molar-refractivity contribution is -0.303. The van der Waals surface area contributed by atoms with Gasteiger partial charge < -0.3 is 9.64 Å². The summed E-state index contributed by atoms with van der Waals surface area (Å²) in [5.41, 5.74) is 0.999. The van der Waals surface area contributed by atoms with Crippen LogP contribution in [0.1, 0.15) is 26.2 Å². The van der Waals surface area contributed by atoms with E-state index in [0.29, 0.717) is 6.42 Å². The van der Waals surface area contributed by atoms with Crippen molar-refractivity contribution in [1.82, 2.24) is 4.90 Å². The lowest BCUT2D eigenvalue weighted by Gasteiger charge is -2.28. The van der Waals surface area contributed by atoms with Crippen LogP contribution in [0, 0.1) is 0 Å². The molecule has 98 valence electrons. The Bertz CT molecular complexity index is 318. The molecule has 0 fully saturated rings. The summed E-state index contributed by atoms with van der Waals surface area (Å²) >= 11 is 0. The molecule has 0 saturated heterocycles. The second-order valence-corrected chi connectivity index (χ2v) is 4.30. The van der Waals surface area contributed by atoms with E-state index in [-0.39, 0.29) is 11.8 Å². The van der Waals surface area contributed by atoms with Crippen molar-refractivity contribution >= 4 is 0 Å². The highest BCUT2D eigenvalue weighted by atomic mass is 19.4. The average molecular weight is 249 g/mol. The van der Waals surface area contributed by atoms with Crippen molar-refractivity contribution in [2.75, 3.05) is 14.1 Å². The summed E-state index contributed by atoms with van der Waals surface area (Å²) in [5.74, 6) is -0.0842. The quantitative estimate of drug-likeness (QED) is 0.756. The van der Waals surface area contributed by atoms with E-state index >= 15 is 0 Å². The van der Waals surface area contributed by atoms with Gasteiger partial charge in [0.25, 0.3) is 0 Å². The molecule has 1 rings (SSSR count). The fourth-order valence-electron chi connectivity index (χ4n) is 2.12. The highest BCUT2D eigenvalue weighted by Crippen LogP contribution is 2.28. The Morgan fingerprint density at radius 1 is 1.41 bits per heavy atom. The summed E-state index contributed by atoms with van der Waals surface area (Å²) < 4.78 is 40.3. The average Bonchev–Trinajstić information content (AvgIpc) is 2.15. The third-order valence-electron chi connectivity index (χ3n) is 2.78. The zero-order chi connectivity index (χ0) is 13.1. The van der Waals surface area contributed by atoms with E-state index in [1.54, 1.807) is 0 Å². The first-order chi connectivity index (χ1) is 7.83. The summed E-state index contributed by atoms with van der Waals surface area (Å²) in [4.78, 5) is 2.02. The molecular weight excluding hydrogens is 231 g/mol. The second-order valence-electron chi connectivity index (χ2n) is 4.30. The van der Waals surface area contributed by atoms with Gasteiger partial charge in [-0.15, -0.1) is 13.2 Å². The van der Waals surface area contributed by atoms with Crippen molar-refractivity contribution in [2.24, 2.45) is 0 Å². The van der Waals surface area contributed by atoms with Gasteiger partial charge in [-0.25, -0.2) is 0 Å². The Balaban J connectivity index is 2.78. The van der Waals surface area contributed by atoms with Crippen LogP contribution in [0.3, 0.4) is 0 Å². The molecule has 1 unspecified atom stereocenters. The molecule has 0 spiro atoms. The van der Waals surface area contributed by atoms with E-state index in [9.17, 15) is 13.2 Å². The monoisotopic (exact) mass is 249 g/mol. The number of alkyl halides is 3. The highest BCUT2D eigenvalue weighted by Gasteiger charge is 2.32. The molecule has 2 nitrogen and oxygen atoms in total. The molecule has 5 heteroatoms. The fraction of sp³-hybridized carbons (Fsp3) is 0.667. The van der Waals surface area contributed by atoms with Crippen molar-refractivity contribution in [3.63, 3.8) is 0 Å². The zero-order valence-electron chi connectivity index (χ0n) is 10.3. The minimum atomic E-state index is -4.61. The molecule has 0 N–H and O–H groups in total. The number of halogens is 3. The predicted molar refractivity (Wildman–Crippen MR) is 60.3 cm³/mol. The van der Waals surface area contributed by atoms with E-state index < -0.39 is 6.36 Å². The van der Waals surface area contributed by atoms with Gasteiger partial charge in [-0.05, 0) is 51.1 Å². The van der Waals surface area contributed by atoms with Crippen LogP contribution in [0.4, 0.5) is 13.2 Å². The van der Waals surface area contributed by atoms with Crippen molar-refractivity contribution in [3.8, 4) is 0 Å². The lowest BCUT2D eigenvalue weighted by atomic mass is 9.94. The summed E-state index contributed by atoms with van der Waals surface area (Å²) in [6.45, 7) is 2.02. The normalized spacial score (nSPS) is 18.8. The van der Waals surface area contributed by atoms with Crippen molar-refractivity contribution in [1.29, 1.82) is 0 Å². The summed E-state index contributed by atoms with van der Waals surface area (Å²) in [5, 5.41) is 0. The molecule has 1 aliphatic carbocycles. The van der Waals surface area contributed by atoms with Crippen LogP contribution in [0.2, 0.25) is 0 Å². The molecule has 17 heavy (non-hydrogen) atoms. The Morgan fingerprint density at radius 2 is 2.06 bits per heavy atom. The van der Waals surface area contributed by atoms with E-state index in [1.807, 2.05) is 25.9 Å². The minimum absolute atomic E-state index is 0.0842. The van der Waals surface area contributed by atoms with Crippen molar-refractivity contribution in [3.05, 3.63) is 23.5 Å². The molecule has 0 saturated carbocycles. The van der Waals surface area contributed by atoms with Crippen LogP contribution in [0.5, 0.6) is 0 Å². The maximum Gasteiger partial charge on any atom is 0.573 e. The molecule has 0 aromatic heterocycles. The molecule has 0 aromatic rings. The summed E-state index contributed by atoms with van der Waals surface area (Å²) in [7, 11) is 3.86. The van der Waals surface area contributed by atoms with E-state index in [1.165, 1.54) is 12.2 Å². The van der Waals surface area contributed by atoms with Crippen molar-refractivity contribution < 1.29 is 17.9 Å².